The molecule has 2 aliphatic rings. The van der Waals surface area contributed by atoms with Crippen molar-refractivity contribution < 1.29 is 14.6 Å². The Morgan fingerprint density at radius 1 is 1.32 bits per heavy atom. The molecule has 4 heteroatoms. The summed E-state index contributed by atoms with van der Waals surface area (Å²) in [5.74, 6) is 0.836. The molecular formula is C15H19NO3. The van der Waals surface area contributed by atoms with Crippen LogP contribution in [0.4, 0.5) is 4.79 Å². The number of carbonyl (C=O) groups is 1. The minimum atomic E-state index is -0.215. The van der Waals surface area contributed by atoms with Gasteiger partial charge in [0.05, 0.1) is 0 Å². The molecule has 4 nitrogen and oxygen atoms in total. The van der Waals surface area contributed by atoms with Crippen LogP contribution in [0.1, 0.15) is 18.4 Å². The molecule has 1 saturated carbocycles. The summed E-state index contributed by atoms with van der Waals surface area (Å²) in [6.45, 7) is 1.31. The van der Waals surface area contributed by atoms with Crippen LogP contribution in [-0.4, -0.2) is 35.3 Å². The molecule has 19 heavy (non-hydrogen) atoms. The van der Waals surface area contributed by atoms with E-state index in [-0.39, 0.29) is 18.7 Å². The van der Waals surface area contributed by atoms with Gasteiger partial charge in [-0.3, -0.25) is 0 Å². The highest BCUT2D eigenvalue weighted by atomic mass is 16.6. The van der Waals surface area contributed by atoms with Gasteiger partial charge in [0.1, 0.15) is 6.61 Å². The third kappa shape index (κ3) is 2.45. The van der Waals surface area contributed by atoms with Crippen molar-refractivity contribution >= 4 is 6.09 Å². The number of carbonyl (C=O) groups excluding carboxylic acids is 1. The second-order valence-electron chi connectivity index (χ2n) is 5.52. The Bertz CT molecular complexity index is 448. The Balaban J connectivity index is 1.53. The molecule has 1 saturated heterocycles. The predicted molar refractivity (Wildman–Crippen MR) is 70.4 cm³/mol. The van der Waals surface area contributed by atoms with Crippen LogP contribution in [0.5, 0.6) is 0 Å². The Morgan fingerprint density at radius 3 is 2.74 bits per heavy atom. The first-order valence-electron chi connectivity index (χ1n) is 6.86. The molecule has 1 heterocycles. The number of benzene rings is 1. The third-order valence-electron chi connectivity index (χ3n) is 4.36. The molecule has 1 amide bonds. The predicted octanol–water partition coefficient (Wildman–Crippen LogP) is 2.03. The molecule has 102 valence electrons. The SMILES string of the molecule is O=C(OCc1ccccc1)N1C[C@@H]2C[C@H]1C[C@H]2CO. The standard InChI is InChI=1S/C15H19NO3/c17-9-13-7-14-6-12(13)8-16(14)15(18)19-10-11-4-2-1-3-5-11/h1-5,12-14,17H,6-10H2/t12-,13-,14-/m0/s1. The highest BCUT2D eigenvalue weighted by molar-refractivity contribution is 5.68. The normalized spacial score (nSPS) is 28.7. The quantitative estimate of drug-likeness (QED) is 0.905. The molecule has 0 spiro atoms. The molecule has 0 radical (unpaired) electrons. The molecule has 1 N–H and O–H groups in total. The zero-order chi connectivity index (χ0) is 13.2. The number of fused-ring (bicyclic) bond motifs is 2. The maximum absolute atomic E-state index is 12.0. The number of amides is 1. The van der Waals surface area contributed by atoms with Crippen molar-refractivity contribution in [3.63, 3.8) is 0 Å². The van der Waals surface area contributed by atoms with Crippen molar-refractivity contribution in [2.75, 3.05) is 13.2 Å². The van der Waals surface area contributed by atoms with Gasteiger partial charge >= 0.3 is 6.09 Å². The van der Waals surface area contributed by atoms with E-state index in [1.165, 1.54) is 0 Å². The van der Waals surface area contributed by atoms with Gasteiger partial charge in [0, 0.05) is 19.2 Å². The Hall–Kier alpha value is -1.55. The molecule has 2 bridgehead atoms. The smallest absolute Gasteiger partial charge is 0.410 e. The number of aliphatic hydroxyl groups excluding tert-OH is 1. The molecule has 1 aromatic rings. The van der Waals surface area contributed by atoms with Crippen molar-refractivity contribution in [3.05, 3.63) is 35.9 Å². The number of likely N-dealkylation sites (tertiary alicyclic amines) is 1. The van der Waals surface area contributed by atoms with Gasteiger partial charge in [-0.15, -0.1) is 0 Å². The van der Waals surface area contributed by atoms with Gasteiger partial charge in [-0.25, -0.2) is 4.79 Å². The van der Waals surface area contributed by atoms with Crippen LogP contribution in [0.15, 0.2) is 30.3 Å². The van der Waals surface area contributed by atoms with Crippen LogP contribution in [0.2, 0.25) is 0 Å². The number of hydrogen-bond donors (Lipinski definition) is 1. The first-order valence-corrected chi connectivity index (χ1v) is 6.86. The Morgan fingerprint density at radius 2 is 2.11 bits per heavy atom. The summed E-state index contributed by atoms with van der Waals surface area (Å²) >= 11 is 0. The van der Waals surface area contributed by atoms with E-state index in [9.17, 15) is 9.90 Å². The average Bonchev–Trinajstić information content (AvgIpc) is 3.05. The number of ether oxygens (including phenoxy) is 1. The van der Waals surface area contributed by atoms with Crippen LogP contribution in [0.25, 0.3) is 0 Å². The zero-order valence-electron chi connectivity index (χ0n) is 10.9. The molecule has 0 unspecified atom stereocenters. The molecule has 1 aliphatic carbocycles. The van der Waals surface area contributed by atoms with Gasteiger partial charge in [0.15, 0.2) is 0 Å². The van der Waals surface area contributed by atoms with Crippen LogP contribution in [0, 0.1) is 11.8 Å². The van der Waals surface area contributed by atoms with Crippen molar-refractivity contribution in [1.82, 2.24) is 4.90 Å². The second-order valence-corrected chi connectivity index (χ2v) is 5.52. The van der Waals surface area contributed by atoms with Crippen molar-refractivity contribution in [2.24, 2.45) is 11.8 Å². The summed E-state index contributed by atoms with van der Waals surface area (Å²) in [5.41, 5.74) is 1.01. The monoisotopic (exact) mass is 261 g/mol. The van der Waals surface area contributed by atoms with Crippen LogP contribution in [-0.2, 0) is 11.3 Å². The summed E-state index contributed by atoms with van der Waals surface area (Å²) < 4.78 is 5.36. The summed E-state index contributed by atoms with van der Waals surface area (Å²) in [6.07, 6.45) is 1.72. The lowest BCUT2D eigenvalue weighted by molar-refractivity contribution is 0.0707. The lowest BCUT2D eigenvalue weighted by Crippen LogP contribution is -2.40. The number of aliphatic hydroxyl groups is 1. The molecule has 3 atom stereocenters. The first kappa shape index (κ1) is 12.5. The minimum Gasteiger partial charge on any atom is -0.445 e. The van der Waals surface area contributed by atoms with E-state index in [0.717, 1.165) is 24.9 Å². The highest BCUT2D eigenvalue weighted by Crippen LogP contribution is 2.41. The molecule has 2 fully saturated rings. The van der Waals surface area contributed by atoms with Gasteiger partial charge in [0.2, 0.25) is 0 Å². The number of piperidine rings is 1. The Labute approximate surface area is 113 Å². The maximum atomic E-state index is 12.0. The van der Waals surface area contributed by atoms with Crippen molar-refractivity contribution in [1.29, 1.82) is 0 Å². The highest BCUT2D eigenvalue weighted by Gasteiger charge is 2.46. The summed E-state index contributed by atoms with van der Waals surface area (Å²) in [7, 11) is 0. The topological polar surface area (TPSA) is 49.8 Å². The van der Waals surface area contributed by atoms with E-state index < -0.39 is 0 Å². The van der Waals surface area contributed by atoms with Gasteiger partial charge < -0.3 is 14.7 Å². The van der Waals surface area contributed by atoms with Gasteiger partial charge in [-0.1, -0.05) is 30.3 Å². The van der Waals surface area contributed by atoms with Gasteiger partial charge in [-0.2, -0.15) is 0 Å². The minimum absolute atomic E-state index is 0.215. The molecule has 3 rings (SSSR count). The van der Waals surface area contributed by atoms with E-state index in [0.29, 0.717) is 18.4 Å². The molecule has 0 aromatic heterocycles. The fourth-order valence-electron chi connectivity index (χ4n) is 3.31. The summed E-state index contributed by atoms with van der Waals surface area (Å²) in [5, 5.41) is 9.23. The van der Waals surface area contributed by atoms with Gasteiger partial charge in [0.25, 0.3) is 0 Å². The lowest BCUT2D eigenvalue weighted by atomic mass is 9.96. The fraction of sp³-hybridized carbons (Fsp3) is 0.533. The maximum Gasteiger partial charge on any atom is 0.410 e. The number of rotatable bonds is 3. The zero-order valence-corrected chi connectivity index (χ0v) is 10.9. The van der Waals surface area contributed by atoms with Crippen LogP contribution < -0.4 is 0 Å². The lowest BCUT2D eigenvalue weighted by Gasteiger charge is -2.29. The van der Waals surface area contributed by atoms with E-state index in [1.54, 1.807) is 0 Å². The van der Waals surface area contributed by atoms with Crippen molar-refractivity contribution in [3.8, 4) is 0 Å². The number of hydrogen-bond acceptors (Lipinski definition) is 3. The molecule has 1 aliphatic heterocycles. The average molecular weight is 261 g/mol. The molecule has 1 aromatic carbocycles. The van der Waals surface area contributed by atoms with Crippen LogP contribution in [0.3, 0.4) is 0 Å². The van der Waals surface area contributed by atoms with Crippen LogP contribution >= 0.6 is 0 Å². The van der Waals surface area contributed by atoms with Crippen molar-refractivity contribution in [2.45, 2.75) is 25.5 Å². The summed E-state index contributed by atoms with van der Waals surface area (Å²) in [6, 6.07) is 9.99. The summed E-state index contributed by atoms with van der Waals surface area (Å²) in [4.78, 5) is 13.9. The third-order valence-corrected chi connectivity index (χ3v) is 4.36. The fourth-order valence-corrected chi connectivity index (χ4v) is 3.31. The van der Waals surface area contributed by atoms with E-state index >= 15 is 0 Å². The molecular weight excluding hydrogens is 242 g/mol. The second kappa shape index (κ2) is 5.21. The number of nitrogens with zero attached hydrogens (tertiary/aromatic N) is 1. The van der Waals surface area contributed by atoms with E-state index in [4.69, 9.17) is 4.74 Å². The first-order chi connectivity index (χ1) is 9.28. The van der Waals surface area contributed by atoms with Gasteiger partial charge in [-0.05, 0) is 30.2 Å². The Kier molecular flexibility index (Phi) is 3.42. The van der Waals surface area contributed by atoms with E-state index in [1.807, 2.05) is 35.2 Å². The largest absolute Gasteiger partial charge is 0.445 e. The van der Waals surface area contributed by atoms with E-state index in [2.05, 4.69) is 0 Å².